The van der Waals surface area contributed by atoms with Crippen molar-refractivity contribution in [1.82, 2.24) is 10.2 Å². The SMILES string of the molecule is COC(=O)C(NC(=O)[C@H](C)N(C)C(=O)OC(C)(C)C)C(C)C. The summed E-state index contributed by atoms with van der Waals surface area (Å²) in [5.41, 5.74) is -0.645. The number of methoxy groups -OCH3 is 1. The molecule has 0 bridgehead atoms. The fourth-order valence-electron chi connectivity index (χ4n) is 1.57. The van der Waals surface area contributed by atoms with Gasteiger partial charge in [0, 0.05) is 7.05 Å². The molecule has 0 aromatic carbocycles. The van der Waals surface area contributed by atoms with Gasteiger partial charge in [0.25, 0.3) is 0 Å². The third-order valence-corrected chi connectivity index (χ3v) is 3.06. The molecule has 0 saturated carbocycles. The lowest BCUT2D eigenvalue weighted by molar-refractivity contribution is -0.146. The quantitative estimate of drug-likeness (QED) is 0.778. The summed E-state index contributed by atoms with van der Waals surface area (Å²) in [6.07, 6.45) is -0.602. The molecule has 0 aliphatic heterocycles. The molecule has 0 rings (SSSR count). The van der Waals surface area contributed by atoms with Crippen LogP contribution in [-0.2, 0) is 19.1 Å². The Morgan fingerprint density at radius 1 is 1.09 bits per heavy atom. The van der Waals surface area contributed by atoms with Gasteiger partial charge in [0.15, 0.2) is 0 Å². The molecule has 0 aliphatic rings. The van der Waals surface area contributed by atoms with Crippen LogP contribution in [0.1, 0.15) is 41.5 Å². The molecule has 0 spiro atoms. The largest absolute Gasteiger partial charge is 0.467 e. The summed E-state index contributed by atoms with van der Waals surface area (Å²) < 4.78 is 9.88. The molecule has 0 radical (unpaired) electrons. The molecule has 7 nitrogen and oxygen atoms in total. The Bertz CT molecular complexity index is 415. The lowest BCUT2D eigenvalue weighted by atomic mass is 10.0. The zero-order chi connectivity index (χ0) is 17.7. The van der Waals surface area contributed by atoms with E-state index in [1.54, 1.807) is 41.5 Å². The first kappa shape index (κ1) is 20.2. The third-order valence-electron chi connectivity index (χ3n) is 3.06. The number of hydrogen-bond acceptors (Lipinski definition) is 5. The number of carbonyl (C=O) groups is 3. The average Bonchev–Trinajstić information content (AvgIpc) is 2.39. The highest BCUT2D eigenvalue weighted by Crippen LogP contribution is 2.11. The molecular formula is C15H28N2O5. The first-order valence-electron chi connectivity index (χ1n) is 7.24. The maximum atomic E-state index is 12.2. The smallest absolute Gasteiger partial charge is 0.410 e. The molecule has 0 aromatic heterocycles. The van der Waals surface area contributed by atoms with Gasteiger partial charge in [-0.15, -0.1) is 0 Å². The number of rotatable bonds is 5. The van der Waals surface area contributed by atoms with Gasteiger partial charge in [-0.3, -0.25) is 9.69 Å². The van der Waals surface area contributed by atoms with Crippen LogP contribution in [0.4, 0.5) is 4.79 Å². The summed E-state index contributed by atoms with van der Waals surface area (Å²) >= 11 is 0. The van der Waals surface area contributed by atoms with Gasteiger partial charge in [0.05, 0.1) is 7.11 Å². The minimum Gasteiger partial charge on any atom is -0.467 e. The Kier molecular flexibility index (Phi) is 7.35. The molecular weight excluding hydrogens is 288 g/mol. The van der Waals surface area contributed by atoms with Gasteiger partial charge in [-0.05, 0) is 33.6 Å². The highest BCUT2D eigenvalue weighted by atomic mass is 16.6. The Labute approximate surface area is 132 Å². The molecule has 0 saturated heterocycles. The highest BCUT2D eigenvalue weighted by molar-refractivity contribution is 5.89. The highest BCUT2D eigenvalue weighted by Gasteiger charge is 2.31. The Balaban J connectivity index is 4.83. The van der Waals surface area contributed by atoms with E-state index in [0.29, 0.717) is 0 Å². The van der Waals surface area contributed by atoms with Crippen LogP contribution in [0.25, 0.3) is 0 Å². The second kappa shape index (κ2) is 8.00. The van der Waals surface area contributed by atoms with Crippen molar-refractivity contribution in [2.45, 2.75) is 59.2 Å². The summed E-state index contributed by atoms with van der Waals surface area (Å²) in [7, 11) is 2.74. The lowest BCUT2D eigenvalue weighted by Gasteiger charge is -2.29. The predicted molar refractivity (Wildman–Crippen MR) is 82.2 cm³/mol. The van der Waals surface area contributed by atoms with Crippen LogP contribution in [0.3, 0.4) is 0 Å². The van der Waals surface area contributed by atoms with Crippen LogP contribution in [0.5, 0.6) is 0 Å². The summed E-state index contributed by atoms with van der Waals surface area (Å²) in [5, 5.41) is 2.60. The van der Waals surface area contributed by atoms with Crippen molar-refractivity contribution in [3.8, 4) is 0 Å². The maximum absolute atomic E-state index is 12.2. The van der Waals surface area contributed by atoms with Gasteiger partial charge < -0.3 is 14.8 Å². The minimum atomic E-state index is -0.777. The summed E-state index contributed by atoms with van der Waals surface area (Å²) in [6.45, 7) is 10.4. The molecule has 1 unspecified atom stereocenters. The Morgan fingerprint density at radius 3 is 1.95 bits per heavy atom. The molecule has 128 valence electrons. The first-order valence-corrected chi connectivity index (χ1v) is 7.24. The van der Waals surface area contributed by atoms with E-state index >= 15 is 0 Å². The van der Waals surface area contributed by atoms with E-state index in [-0.39, 0.29) is 5.92 Å². The molecule has 0 heterocycles. The van der Waals surface area contributed by atoms with Crippen molar-refractivity contribution in [1.29, 1.82) is 0 Å². The van der Waals surface area contributed by atoms with Crippen molar-refractivity contribution in [3.63, 3.8) is 0 Å². The number of esters is 1. The molecule has 7 heteroatoms. The van der Waals surface area contributed by atoms with Crippen molar-refractivity contribution < 1.29 is 23.9 Å². The van der Waals surface area contributed by atoms with Crippen LogP contribution >= 0.6 is 0 Å². The van der Waals surface area contributed by atoms with E-state index in [0.717, 1.165) is 0 Å². The lowest BCUT2D eigenvalue weighted by Crippen LogP contribution is -2.53. The summed E-state index contributed by atoms with van der Waals surface area (Å²) in [4.78, 5) is 37.0. The predicted octanol–water partition coefficient (Wildman–Crippen LogP) is 1.56. The Hall–Kier alpha value is -1.79. The van der Waals surface area contributed by atoms with Gasteiger partial charge in [0.2, 0.25) is 5.91 Å². The number of nitrogens with one attached hydrogen (secondary N) is 1. The van der Waals surface area contributed by atoms with Crippen molar-refractivity contribution in [3.05, 3.63) is 0 Å². The third kappa shape index (κ3) is 6.32. The molecule has 1 N–H and O–H groups in total. The second-order valence-electron chi connectivity index (χ2n) is 6.52. The van der Waals surface area contributed by atoms with E-state index in [9.17, 15) is 14.4 Å². The first-order chi connectivity index (χ1) is 9.90. The average molecular weight is 316 g/mol. The zero-order valence-electron chi connectivity index (χ0n) is 14.7. The van der Waals surface area contributed by atoms with Gasteiger partial charge in [-0.2, -0.15) is 0 Å². The number of nitrogens with zero attached hydrogens (tertiary/aromatic N) is 1. The number of ether oxygens (including phenoxy) is 2. The summed E-state index contributed by atoms with van der Waals surface area (Å²) in [6, 6.07) is -1.53. The molecule has 2 amide bonds. The van der Waals surface area contributed by atoms with E-state index in [2.05, 4.69) is 10.1 Å². The van der Waals surface area contributed by atoms with E-state index in [1.165, 1.54) is 19.1 Å². The monoisotopic (exact) mass is 316 g/mol. The van der Waals surface area contributed by atoms with E-state index in [4.69, 9.17) is 4.74 Å². The van der Waals surface area contributed by atoms with Crippen LogP contribution in [0, 0.1) is 5.92 Å². The van der Waals surface area contributed by atoms with Crippen molar-refractivity contribution in [2.24, 2.45) is 5.92 Å². The standard InChI is InChI=1S/C15H28N2O5/c1-9(2)11(13(19)21-8)16-12(18)10(3)17(7)14(20)22-15(4,5)6/h9-11H,1-8H3,(H,16,18)/t10-,11?/m0/s1. The van der Waals surface area contributed by atoms with Crippen molar-refractivity contribution >= 4 is 18.0 Å². The van der Waals surface area contributed by atoms with Gasteiger partial charge >= 0.3 is 12.1 Å². The molecule has 22 heavy (non-hydrogen) atoms. The van der Waals surface area contributed by atoms with Crippen LogP contribution in [0.15, 0.2) is 0 Å². The fraction of sp³-hybridized carbons (Fsp3) is 0.800. The van der Waals surface area contributed by atoms with Crippen LogP contribution in [0.2, 0.25) is 0 Å². The van der Waals surface area contributed by atoms with Gasteiger partial charge in [-0.1, -0.05) is 13.8 Å². The second-order valence-corrected chi connectivity index (χ2v) is 6.52. The summed E-state index contributed by atoms with van der Waals surface area (Å²) in [5.74, 6) is -1.09. The zero-order valence-corrected chi connectivity index (χ0v) is 14.7. The van der Waals surface area contributed by atoms with Gasteiger partial charge in [0.1, 0.15) is 17.7 Å². The molecule has 0 aromatic rings. The van der Waals surface area contributed by atoms with Crippen LogP contribution in [-0.4, -0.2) is 54.7 Å². The molecule has 0 aliphatic carbocycles. The maximum Gasteiger partial charge on any atom is 0.410 e. The minimum absolute atomic E-state index is 0.129. The molecule has 2 atom stereocenters. The van der Waals surface area contributed by atoms with E-state index < -0.39 is 35.7 Å². The van der Waals surface area contributed by atoms with Gasteiger partial charge in [-0.25, -0.2) is 9.59 Å². The number of hydrogen-bond donors (Lipinski definition) is 1. The Morgan fingerprint density at radius 2 is 1.59 bits per heavy atom. The fourth-order valence-corrected chi connectivity index (χ4v) is 1.57. The topological polar surface area (TPSA) is 84.9 Å². The normalized spacial score (nSPS) is 14.0. The number of carbonyl (C=O) groups excluding carboxylic acids is 3. The number of amides is 2. The molecule has 0 fully saturated rings. The van der Waals surface area contributed by atoms with Crippen molar-refractivity contribution in [2.75, 3.05) is 14.2 Å². The number of likely N-dealkylation sites (N-methyl/N-ethyl adjacent to an activating group) is 1. The van der Waals surface area contributed by atoms with Crippen LogP contribution < -0.4 is 5.32 Å². The van der Waals surface area contributed by atoms with E-state index in [1.807, 2.05) is 0 Å².